The lowest BCUT2D eigenvalue weighted by Crippen LogP contribution is -2.28. The number of ether oxygens (including phenoxy) is 1. The molecule has 1 aromatic carbocycles. The Kier molecular flexibility index (Phi) is 5.59. The van der Waals surface area contributed by atoms with Crippen molar-refractivity contribution in [2.45, 2.75) is 26.8 Å². The fourth-order valence-corrected chi connectivity index (χ4v) is 2.91. The number of benzene rings is 1. The van der Waals surface area contributed by atoms with Crippen LogP contribution in [0.1, 0.15) is 29.3 Å². The Hall–Kier alpha value is -3.09. The number of hydrogen-bond donors (Lipinski definition) is 1. The zero-order valence-corrected chi connectivity index (χ0v) is 16.0. The van der Waals surface area contributed by atoms with Gasteiger partial charge in [-0.3, -0.25) is 9.36 Å². The molecule has 3 aromatic rings. The van der Waals surface area contributed by atoms with Crippen molar-refractivity contribution in [3.8, 4) is 5.75 Å². The lowest BCUT2D eigenvalue weighted by molar-refractivity contribution is 0.0787. The number of nitrogens with two attached hydrogens (primary N) is 1. The summed E-state index contributed by atoms with van der Waals surface area (Å²) < 4.78 is 7.52. The Morgan fingerprint density at radius 2 is 2.04 bits per heavy atom. The van der Waals surface area contributed by atoms with E-state index in [2.05, 4.69) is 9.97 Å². The van der Waals surface area contributed by atoms with E-state index in [1.165, 1.54) is 5.56 Å². The molecule has 0 saturated heterocycles. The fraction of sp³-hybridized carbons (Fsp3) is 0.350. The lowest BCUT2D eigenvalue weighted by atomic mass is 10.2. The first kappa shape index (κ1) is 18.7. The molecule has 2 aromatic heterocycles. The molecule has 2 heterocycles. The molecular weight excluding hydrogens is 342 g/mol. The highest BCUT2D eigenvalue weighted by Gasteiger charge is 2.15. The molecule has 1 amide bonds. The average Bonchev–Trinajstić information content (AvgIpc) is 2.99. The number of amides is 1. The predicted molar refractivity (Wildman–Crippen MR) is 106 cm³/mol. The maximum atomic E-state index is 12.6. The van der Waals surface area contributed by atoms with Crippen molar-refractivity contribution in [3.05, 3.63) is 47.7 Å². The van der Waals surface area contributed by atoms with E-state index in [4.69, 9.17) is 10.5 Å². The Morgan fingerprint density at radius 3 is 2.74 bits per heavy atom. The van der Waals surface area contributed by atoms with Gasteiger partial charge in [0.25, 0.3) is 5.91 Å². The van der Waals surface area contributed by atoms with Crippen LogP contribution in [0, 0.1) is 6.92 Å². The third kappa shape index (κ3) is 4.19. The number of fused-ring (bicyclic) bond motifs is 1. The van der Waals surface area contributed by atoms with Gasteiger partial charge in [0.1, 0.15) is 11.3 Å². The molecule has 7 heteroatoms. The maximum Gasteiger partial charge on any atom is 0.255 e. The van der Waals surface area contributed by atoms with Crippen LogP contribution in [-0.4, -0.2) is 45.5 Å². The van der Waals surface area contributed by atoms with Crippen molar-refractivity contribution < 1.29 is 9.53 Å². The molecule has 3 rings (SSSR count). The van der Waals surface area contributed by atoms with Gasteiger partial charge in [-0.15, -0.1) is 0 Å². The number of nitrogens with zero attached hydrogens (tertiary/aromatic N) is 4. The normalized spacial score (nSPS) is 10.9. The second kappa shape index (κ2) is 8.07. The first-order chi connectivity index (χ1) is 13.0. The summed E-state index contributed by atoms with van der Waals surface area (Å²) in [5, 5.41) is 0. The minimum absolute atomic E-state index is 0.0932. The Balaban J connectivity index is 1.56. The number of hydrogen-bond acceptors (Lipinski definition) is 5. The highest BCUT2D eigenvalue weighted by molar-refractivity contribution is 5.96. The van der Waals surface area contributed by atoms with Gasteiger partial charge in [-0.05, 0) is 38.5 Å². The first-order valence-electron chi connectivity index (χ1n) is 9.06. The minimum atomic E-state index is -0.0932. The van der Waals surface area contributed by atoms with Gasteiger partial charge in [-0.25, -0.2) is 9.97 Å². The Labute approximate surface area is 158 Å². The van der Waals surface area contributed by atoms with Crippen molar-refractivity contribution in [3.63, 3.8) is 0 Å². The van der Waals surface area contributed by atoms with Crippen LogP contribution < -0.4 is 10.5 Å². The number of aryl methyl sites for hydroxylation is 2. The van der Waals surface area contributed by atoms with Gasteiger partial charge in [0.2, 0.25) is 5.95 Å². The van der Waals surface area contributed by atoms with Gasteiger partial charge in [-0.2, -0.15) is 0 Å². The molecule has 2 N–H and O–H groups in total. The van der Waals surface area contributed by atoms with Crippen molar-refractivity contribution in [2.75, 3.05) is 25.9 Å². The standard InChI is InChI=1S/C20H25N5O2/c1-4-25-18-17(23-20(25)21)12-15(13-22-18)19(26)24(3)10-5-11-27-16-8-6-14(2)7-9-16/h6-9,12-13H,4-5,10-11H2,1-3H3,(H2,21,23). The van der Waals surface area contributed by atoms with Gasteiger partial charge in [0, 0.05) is 26.3 Å². The number of pyridine rings is 1. The van der Waals surface area contributed by atoms with Crippen LogP contribution >= 0.6 is 0 Å². The third-order valence-electron chi connectivity index (χ3n) is 4.45. The fourth-order valence-electron chi connectivity index (χ4n) is 2.91. The number of imidazole rings is 1. The Bertz CT molecular complexity index is 933. The highest BCUT2D eigenvalue weighted by Crippen LogP contribution is 2.17. The van der Waals surface area contributed by atoms with E-state index in [1.807, 2.05) is 42.7 Å². The van der Waals surface area contributed by atoms with Crippen LogP contribution in [0.25, 0.3) is 11.2 Å². The van der Waals surface area contributed by atoms with Crippen LogP contribution in [0.3, 0.4) is 0 Å². The summed E-state index contributed by atoms with van der Waals surface area (Å²) in [7, 11) is 1.78. The number of aromatic nitrogens is 3. The van der Waals surface area contributed by atoms with Crippen molar-refractivity contribution >= 4 is 23.0 Å². The van der Waals surface area contributed by atoms with Gasteiger partial charge in [-0.1, -0.05) is 17.7 Å². The van der Waals surface area contributed by atoms with Gasteiger partial charge in [0.15, 0.2) is 5.65 Å². The molecule has 0 aliphatic carbocycles. The van der Waals surface area contributed by atoms with Crippen molar-refractivity contribution in [1.82, 2.24) is 19.4 Å². The van der Waals surface area contributed by atoms with Crippen LogP contribution in [0.15, 0.2) is 36.5 Å². The Morgan fingerprint density at radius 1 is 1.30 bits per heavy atom. The summed E-state index contributed by atoms with van der Waals surface area (Å²) in [6.45, 7) is 5.84. The largest absolute Gasteiger partial charge is 0.494 e. The molecule has 0 saturated carbocycles. The van der Waals surface area contributed by atoms with E-state index in [0.717, 1.165) is 12.2 Å². The van der Waals surface area contributed by atoms with Crippen molar-refractivity contribution in [2.24, 2.45) is 0 Å². The summed E-state index contributed by atoms with van der Waals surface area (Å²) in [4.78, 5) is 23.0. The second-order valence-corrected chi connectivity index (χ2v) is 6.52. The third-order valence-corrected chi connectivity index (χ3v) is 4.45. The smallest absolute Gasteiger partial charge is 0.255 e. The molecule has 7 nitrogen and oxygen atoms in total. The SMILES string of the molecule is CCn1c(N)nc2cc(C(=O)N(C)CCCOc3ccc(C)cc3)cnc21. The number of rotatable bonds is 7. The molecule has 27 heavy (non-hydrogen) atoms. The van der Waals surface area contributed by atoms with Crippen LogP contribution in [0.4, 0.5) is 5.95 Å². The van der Waals surface area contributed by atoms with E-state index in [1.54, 1.807) is 24.2 Å². The van der Waals surface area contributed by atoms with Gasteiger partial charge >= 0.3 is 0 Å². The summed E-state index contributed by atoms with van der Waals surface area (Å²) in [6, 6.07) is 9.67. The van der Waals surface area contributed by atoms with E-state index in [-0.39, 0.29) is 5.91 Å². The molecule has 0 spiro atoms. The van der Waals surface area contributed by atoms with Crippen LogP contribution in [-0.2, 0) is 6.54 Å². The molecular formula is C20H25N5O2. The van der Waals surface area contributed by atoms with Crippen molar-refractivity contribution in [1.29, 1.82) is 0 Å². The van der Waals surface area contributed by atoms with Crippen LogP contribution in [0.2, 0.25) is 0 Å². The molecule has 0 unspecified atom stereocenters. The monoisotopic (exact) mass is 367 g/mol. The molecule has 0 atom stereocenters. The summed E-state index contributed by atoms with van der Waals surface area (Å²) in [6.07, 6.45) is 2.32. The van der Waals surface area contributed by atoms with E-state index >= 15 is 0 Å². The van der Waals surface area contributed by atoms with E-state index < -0.39 is 0 Å². The number of carbonyl (C=O) groups is 1. The summed E-state index contributed by atoms with van der Waals surface area (Å²) in [5.74, 6) is 1.16. The number of anilines is 1. The summed E-state index contributed by atoms with van der Waals surface area (Å²) >= 11 is 0. The topological polar surface area (TPSA) is 86.3 Å². The maximum absolute atomic E-state index is 12.6. The number of carbonyl (C=O) groups excluding carboxylic acids is 1. The van der Waals surface area contributed by atoms with E-state index in [0.29, 0.717) is 42.4 Å². The quantitative estimate of drug-likeness (QED) is 0.649. The molecule has 0 aliphatic heterocycles. The number of nitrogen functional groups attached to an aromatic ring is 1. The zero-order chi connectivity index (χ0) is 19.4. The first-order valence-corrected chi connectivity index (χ1v) is 9.06. The lowest BCUT2D eigenvalue weighted by Gasteiger charge is -2.17. The molecule has 0 radical (unpaired) electrons. The molecule has 0 aliphatic rings. The molecule has 0 fully saturated rings. The highest BCUT2D eigenvalue weighted by atomic mass is 16.5. The van der Waals surface area contributed by atoms with Gasteiger partial charge < -0.3 is 15.4 Å². The molecule has 142 valence electrons. The predicted octanol–water partition coefficient (Wildman–Crippen LogP) is 2.88. The van der Waals surface area contributed by atoms with Crippen LogP contribution in [0.5, 0.6) is 5.75 Å². The average molecular weight is 367 g/mol. The van der Waals surface area contributed by atoms with Gasteiger partial charge in [0.05, 0.1) is 12.2 Å². The zero-order valence-electron chi connectivity index (χ0n) is 16.0. The minimum Gasteiger partial charge on any atom is -0.494 e. The molecule has 0 bridgehead atoms. The summed E-state index contributed by atoms with van der Waals surface area (Å²) in [5.41, 5.74) is 8.92. The van der Waals surface area contributed by atoms with E-state index in [9.17, 15) is 4.79 Å². The second-order valence-electron chi connectivity index (χ2n) is 6.52.